The Morgan fingerprint density at radius 1 is 1.37 bits per heavy atom. The molecule has 1 N–H and O–H groups in total. The Balaban J connectivity index is 1.66. The van der Waals surface area contributed by atoms with E-state index >= 15 is 0 Å². The number of halogens is 1. The van der Waals surface area contributed by atoms with Crippen molar-refractivity contribution in [2.45, 2.75) is 64.2 Å². The van der Waals surface area contributed by atoms with Crippen LogP contribution in [-0.4, -0.2) is 54.7 Å². The van der Waals surface area contributed by atoms with Crippen molar-refractivity contribution < 1.29 is 23.5 Å². The number of hydrogen-bond donors (Lipinski definition) is 1. The Morgan fingerprint density at radius 3 is 2.93 bits per heavy atom. The fourth-order valence-corrected chi connectivity index (χ4v) is 3.94. The number of morpholine rings is 1. The maximum absolute atomic E-state index is 13.5. The summed E-state index contributed by atoms with van der Waals surface area (Å²) in [6.07, 6.45) is 6.00. The van der Waals surface area contributed by atoms with E-state index < -0.39 is 0 Å². The second-order valence-corrected chi connectivity index (χ2v) is 8.13. The van der Waals surface area contributed by atoms with Gasteiger partial charge in [-0.3, -0.25) is 9.59 Å². The van der Waals surface area contributed by atoms with Gasteiger partial charge in [-0.05, 0) is 63.3 Å². The zero-order valence-electron chi connectivity index (χ0n) is 17.7. The highest BCUT2D eigenvalue weighted by molar-refractivity contribution is 5.98. The molecule has 1 aromatic carbocycles. The van der Waals surface area contributed by atoms with Gasteiger partial charge in [-0.1, -0.05) is 18.6 Å². The Labute approximate surface area is 177 Å². The monoisotopic (exact) mass is 418 g/mol. The van der Waals surface area contributed by atoms with Crippen LogP contribution in [0.25, 0.3) is 6.08 Å². The number of ether oxygens (including phenoxy) is 2. The third-order valence-electron chi connectivity index (χ3n) is 5.37. The van der Waals surface area contributed by atoms with Gasteiger partial charge in [-0.25, -0.2) is 4.39 Å². The van der Waals surface area contributed by atoms with E-state index in [0.717, 1.165) is 32.1 Å². The highest BCUT2D eigenvalue weighted by Crippen LogP contribution is 2.33. The molecule has 2 aliphatic rings. The predicted molar refractivity (Wildman–Crippen MR) is 112 cm³/mol. The summed E-state index contributed by atoms with van der Waals surface area (Å²) in [4.78, 5) is 27.2. The van der Waals surface area contributed by atoms with Crippen molar-refractivity contribution in [1.29, 1.82) is 0 Å². The average Bonchev–Trinajstić information content (AvgIpc) is 2.70. The van der Waals surface area contributed by atoms with E-state index in [2.05, 4.69) is 5.32 Å². The van der Waals surface area contributed by atoms with Gasteiger partial charge in [0, 0.05) is 13.2 Å². The van der Waals surface area contributed by atoms with Crippen LogP contribution in [0.2, 0.25) is 0 Å². The summed E-state index contributed by atoms with van der Waals surface area (Å²) >= 11 is 0. The molecule has 1 saturated heterocycles. The largest absolute Gasteiger partial charge is 0.482 e. The van der Waals surface area contributed by atoms with Crippen LogP contribution in [0.4, 0.5) is 4.39 Å². The van der Waals surface area contributed by atoms with Crippen molar-refractivity contribution in [1.82, 2.24) is 10.2 Å². The van der Waals surface area contributed by atoms with Gasteiger partial charge in [0.25, 0.3) is 5.91 Å². The Hall–Kier alpha value is -2.41. The quantitative estimate of drug-likeness (QED) is 0.520. The van der Waals surface area contributed by atoms with E-state index in [9.17, 15) is 14.0 Å². The molecule has 0 radical (unpaired) electrons. The van der Waals surface area contributed by atoms with Crippen LogP contribution in [0.5, 0.6) is 0 Å². The third-order valence-corrected chi connectivity index (χ3v) is 5.37. The van der Waals surface area contributed by atoms with Crippen LogP contribution in [-0.2, 0) is 19.1 Å². The molecular weight excluding hydrogens is 387 g/mol. The summed E-state index contributed by atoms with van der Waals surface area (Å²) < 4.78 is 25.0. The fraction of sp³-hybridized carbons (Fsp3) is 0.565. The number of hydrogen-bond acceptors (Lipinski definition) is 4. The SMILES string of the molecule is CC(C)OCCCNC(=O)CN1C(=O)/C(=C\c2cccc(F)c2)OC2CCCCC21. The summed E-state index contributed by atoms with van der Waals surface area (Å²) in [5.74, 6) is -0.715. The number of benzene rings is 1. The minimum atomic E-state index is -0.374. The van der Waals surface area contributed by atoms with Crippen molar-refractivity contribution >= 4 is 17.9 Å². The molecule has 1 heterocycles. The molecule has 6 nitrogen and oxygen atoms in total. The van der Waals surface area contributed by atoms with Gasteiger partial charge in [0.1, 0.15) is 18.5 Å². The molecule has 2 unspecified atom stereocenters. The molecule has 1 aromatic rings. The highest BCUT2D eigenvalue weighted by atomic mass is 19.1. The summed E-state index contributed by atoms with van der Waals surface area (Å²) in [5, 5.41) is 2.87. The van der Waals surface area contributed by atoms with Crippen LogP contribution in [0, 0.1) is 5.82 Å². The second kappa shape index (κ2) is 10.6. The molecule has 7 heteroatoms. The van der Waals surface area contributed by atoms with E-state index in [4.69, 9.17) is 9.47 Å². The van der Waals surface area contributed by atoms with Crippen LogP contribution in [0.3, 0.4) is 0 Å². The van der Waals surface area contributed by atoms with E-state index in [0.29, 0.717) is 18.7 Å². The molecule has 0 spiro atoms. The van der Waals surface area contributed by atoms with Crippen molar-refractivity contribution in [2.75, 3.05) is 19.7 Å². The first kappa shape index (κ1) is 22.3. The molecule has 30 heavy (non-hydrogen) atoms. The van der Waals surface area contributed by atoms with E-state index in [1.54, 1.807) is 23.1 Å². The van der Waals surface area contributed by atoms with E-state index in [-0.39, 0.29) is 48.2 Å². The number of nitrogens with one attached hydrogen (secondary N) is 1. The van der Waals surface area contributed by atoms with Gasteiger partial charge in [0.15, 0.2) is 5.76 Å². The van der Waals surface area contributed by atoms with E-state index in [1.807, 2.05) is 13.8 Å². The van der Waals surface area contributed by atoms with Crippen molar-refractivity contribution in [3.05, 3.63) is 41.4 Å². The summed E-state index contributed by atoms with van der Waals surface area (Å²) in [6, 6.07) is 5.91. The maximum Gasteiger partial charge on any atom is 0.289 e. The molecule has 1 saturated carbocycles. The molecule has 0 bridgehead atoms. The smallest absolute Gasteiger partial charge is 0.289 e. The first-order valence-corrected chi connectivity index (χ1v) is 10.8. The number of rotatable bonds is 8. The lowest BCUT2D eigenvalue weighted by molar-refractivity contribution is -0.151. The summed E-state index contributed by atoms with van der Waals surface area (Å²) in [7, 11) is 0. The Bertz CT molecular complexity index is 780. The van der Waals surface area contributed by atoms with Gasteiger partial charge in [-0.15, -0.1) is 0 Å². The fourth-order valence-electron chi connectivity index (χ4n) is 3.94. The molecule has 164 valence electrons. The zero-order chi connectivity index (χ0) is 21.5. The van der Waals surface area contributed by atoms with Crippen LogP contribution in [0.15, 0.2) is 30.0 Å². The highest BCUT2D eigenvalue weighted by Gasteiger charge is 2.42. The number of carbonyl (C=O) groups is 2. The molecule has 1 aliphatic heterocycles. The molecular formula is C23H31FN2O4. The van der Waals surface area contributed by atoms with Gasteiger partial charge < -0.3 is 19.7 Å². The van der Waals surface area contributed by atoms with Crippen molar-refractivity contribution in [3.8, 4) is 0 Å². The Kier molecular flexibility index (Phi) is 7.85. The number of amides is 2. The topological polar surface area (TPSA) is 67.9 Å². The molecule has 0 aromatic heterocycles. The van der Waals surface area contributed by atoms with Crippen molar-refractivity contribution in [2.24, 2.45) is 0 Å². The normalized spacial score (nSPS) is 22.7. The average molecular weight is 419 g/mol. The van der Waals surface area contributed by atoms with Gasteiger partial charge >= 0.3 is 0 Å². The molecule has 3 rings (SSSR count). The molecule has 2 atom stereocenters. The van der Waals surface area contributed by atoms with Crippen LogP contribution in [0.1, 0.15) is 51.5 Å². The number of nitrogens with zero attached hydrogens (tertiary/aromatic N) is 1. The lowest BCUT2D eigenvalue weighted by Gasteiger charge is -2.44. The van der Waals surface area contributed by atoms with Crippen molar-refractivity contribution in [3.63, 3.8) is 0 Å². The molecule has 2 fully saturated rings. The minimum absolute atomic E-state index is 0.00507. The lowest BCUT2D eigenvalue weighted by atomic mass is 9.89. The zero-order valence-corrected chi connectivity index (χ0v) is 17.7. The second-order valence-electron chi connectivity index (χ2n) is 8.13. The molecule has 2 amide bonds. The van der Waals surface area contributed by atoms with E-state index in [1.165, 1.54) is 12.1 Å². The summed E-state index contributed by atoms with van der Waals surface area (Å²) in [5.41, 5.74) is 0.558. The number of carbonyl (C=O) groups excluding carboxylic acids is 2. The standard InChI is InChI=1S/C23H31FN2O4/c1-16(2)29-12-6-11-25-22(27)15-26-19-9-3-4-10-20(19)30-21(23(26)28)14-17-7-5-8-18(24)13-17/h5,7-8,13-14,16,19-20H,3-4,6,9-12,15H2,1-2H3,(H,25,27)/b21-14+. The first-order valence-electron chi connectivity index (χ1n) is 10.8. The van der Waals surface area contributed by atoms with Crippen LogP contribution >= 0.6 is 0 Å². The predicted octanol–water partition coefficient (Wildman–Crippen LogP) is 3.27. The van der Waals surface area contributed by atoms with Gasteiger partial charge in [0.05, 0.1) is 12.1 Å². The minimum Gasteiger partial charge on any atom is -0.482 e. The van der Waals surface area contributed by atoms with Gasteiger partial charge in [0.2, 0.25) is 5.91 Å². The van der Waals surface area contributed by atoms with Gasteiger partial charge in [-0.2, -0.15) is 0 Å². The molecule has 1 aliphatic carbocycles. The summed E-state index contributed by atoms with van der Waals surface area (Å²) in [6.45, 7) is 5.02. The Morgan fingerprint density at radius 2 is 2.17 bits per heavy atom. The third kappa shape index (κ3) is 6.05. The lowest BCUT2D eigenvalue weighted by Crippen LogP contribution is -2.57. The first-order chi connectivity index (χ1) is 14.4. The van der Waals surface area contributed by atoms with Crippen LogP contribution < -0.4 is 5.32 Å². The number of fused-ring (bicyclic) bond motifs is 1. The maximum atomic E-state index is 13.5.